The fourth-order valence-electron chi connectivity index (χ4n) is 1.38. The minimum atomic E-state index is -4.40. The molecule has 0 spiro atoms. The van der Waals surface area contributed by atoms with E-state index in [1.807, 2.05) is 0 Å². The minimum absolute atomic E-state index is 0.000320. The second-order valence-electron chi connectivity index (χ2n) is 3.51. The van der Waals surface area contributed by atoms with E-state index < -0.39 is 18.6 Å². The lowest BCUT2D eigenvalue weighted by atomic mass is 10.2. The van der Waals surface area contributed by atoms with E-state index in [1.165, 1.54) is 6.07 Å². The maximum atomic E-state index is 12.4. The van der Waals surface area contributed by atoms with Crippen LogP contribution in [0.3, 0.4) is 0 Å². The number of rotatable bonds is 4. The van der Waals surface area contributed by atoms with Crippen LogP contribution in [0, 0.1) is 0 Å². The number of hydrogen-bond acceptors (Lipinski definition) is 1. The molecule has 0 heterocycles. The number of carbonyl (C=O) groups excluding carboxylic acids is 1. The maximum Gasteiger partial charge on any atom is 0.406 e. The van der Waals surface area contributed by atoms with Gasteiger partial charge in [0.2, 0.25) is 0 Å². The quantitative estimate of drug-likeness (QED) is 0.717. The summed E-state index contributed by atoms with van der Waals surface area (Å²) >= 11 is 6.20. The predicted octanol–water partition coefficient (Wildman–Crippen LogP) is 3.85. The van der Waals surface area contributed by atoms with E-state index in [1.54, 1.807) is 18.2 Å². The fraction of sp³-hybridized carbons (Fsp3) is 0.364. The number of carbonyl (C=O) groups is 1. The molecule has 1 amide bonds. The summed E-state index contributed by atoms with van der Waals surface area (Å²) in [6.45, 7) is -1.25. The Kier molecular flexibility index (Phi) is 5.65. The van der Waals surface area contributed by atoms with Crippen molar-refractivity contribution in [3.63, 3.8) is 0 Å². The van der Waals surface area contributed by atoms with E-state index in [4.69, 9.17) is 0 Å². The Bertz CT molecular complexity index is 423. The van der Waals surface area contributed by atoms with Crippen LogP contribution in [-0.4, -0.2) is 35.4 Å². The summed E-state index contributed by atoms with van der Waals surface area (Å²) < 4.78 is 37.6. The topological polar surface area (TPSA) is 20.3 Å². The maximum absolute atomic E-state index is 12.4. The van der Waals surface area contributed by atoms with Crippen molar-refractivity contribution >= 4 is 37.8 Å². The molecular formula is C11H10Br2F3NO. The molecule has 0 saturated heterocycles. The van der Waals surface area contributed by atoms with Crippen LogP contribution in [0.1, 0.15) is 10.4 Å². The first-order valence-electron chi connectivity index (χ1n) is 5.01. The van der Waals surface area contributed by atoms with Gasteiger partial charge >= 0.3 is 6.18 Å². The van der Waals surface area contributed by atoms with Gasteiger partial charge in [-0.3, -0.25) is 4.79 Å². The van der Waals surface area contributed by atoms with E-state index in [0.29, 0.717) is 9.80 Å². The van der Waals surface area contributed by atoms with Gasteiger partial charge in [-0.15, -0.1) is 0 Å². The van der Waals surface area contributed by atoms with Gasteiger partial charge in [0.1, 0.15) is 6.54 Å². The molecule has 0 aliphatic carbocycles. The summed E-state index contributed by atoms with van der Waals surface area (Å²) in [5.41, 5.74) is 0.225. The Morgan fingerprint density at radius 1 is 1.28 bits per heavy atom. The standard InChI is InChI=1S/C11H10Br2F3NO/c12-5-6-17(7-11(14,15)16)10(18)8-3-1-2-4-9(8)13/h1-4H,5-7H2. The Balaban J connectivity index is 2.93. The van der Waals surface area contributed by atoms with Crippen LogP contribution in [-0.2, 0) is 0 Å². The van der Waals surface area contributed by atoms with Gasteiger partial charge in [0.05, 0.1) is 5.56 Å². The largest absolute Gasteiger partial charge is 0.406 e. The van der Waals surface area contributed by atoms with Crippen LogP contribution in [0.4, 0.5) is 13.2 Å². The molecule has 0 atom stereocenters. The van der Waals surface area contributed by atoms with Gasteiger partial charge in [-0.25, -0.2) is 0 Å². The third-order valence-corrected chi connectivity index (χ3v) is 3.16. The third kappa shape index (κ3) is 4.61. The number of alkyl halides is 4. The van der Waals surface area contributed by atoms with Crippen molar-refractivity contribution in [1.29, 1.82) is 0 Å². The van der Waals surface area contributed by atoms with Gasteiger partial charge in [-0.2, -0.15) is 13.2 Å². The smallest absolute Gasteiger partial charge is 0.329 e. The molecule has 7 heteroatoms. The van der Waals surface area contributed by atoms with Crippen LogP contribution < -0.4 is 0 Å². The van der Waals surface area contributed by atoms with Gasteiger partial charge in [0, 0.05) is 16.3 Å². The van der Waals surface area contributed by atoms with Gasteiger partial charge < -0.3 is 4.90 Å². The van der Waals surface area contributed by atoms with E-state index in [9.17, 15) is 18.0 Å². The first-order valence-corrected chi connectivity index (χ1v) is 6.93. The lowest BCUT2D eigenvalue weighted by Gasteiger charge is -2.23. The van der Waals surface area contributed by atoms with Crippen molar-refractivity contribution in [2.24, 2.45) is 0 Å². The Morgan fingerprint density at radius 2 is 1.89 bits per heavy atom. The number of benzene rings is 1. The molecule has 18 heavy (non-hydrogen) atoms. The highest BCUT2D eigenvalue weighted by Gasteiger charge is 2.33. The molecule has 1 aromatic rings. The second kappa shape index (κ2) is 6.56. The fourth-order valence-corrected chi connectivity index (χ4v) is 2.26. The van der Waals surface area contributed by atoms with Crippen molar-refractivity contribution in [3.05, 3.63) is 34.3 Å². The molecular weight excluding hydrogens is 379 g/mol. The van der Waals surface area contributed by atoms with E-state index in [-0.39, 0.29) is 12.1 Å². The highest BCUT2D eigenvalue weighted by atomic mass is 79.9. The number of nitrogens with zero attached hydrogens (tertiary/aromatic N) is 1. The van der Waals surface area contributed by atoms with Crippen LogP contribution in [0.15, 0.2) is 28.7 Å². The van der Waals surface area contributed by atoms with Crippen molar-refractivity contribution in [2.75, 3.05) is 18.4 Å². The van der Waals surface area contributed by atoms with E-state index in [0.717, 1.165) is 4.90 Å². The molecule has 1 aromatic carbocycles. The molecule has 0 aromatic heterocycles. The minimum Gasteiger partial charge on any atom is -0.329 e. The summed E-state index contributed by atoms with van der Waals surface area (Å²) in [6.07, 6.45) is -4.40. The summed E-state index contributed by atoms with van der Waals surface area (Å²) in [4.78, 5) is 12.8. The zero-order chi connectivity index (χ0) is 13.8. The van der Waals surface area contributed by atoms with Gasteiger partial charge in [0.15, 0.2) is 0 Å². The van der Waals surface area contributed by atoms with Crippen molar-refractivity contribution < 1.29 is 18.0 Å². The first-order chi connectivity index (χ1) is 8.35. The number of hydrogen-bond donors (Lipinski definition) is 0. The van der Waals surface area contributed by atoms with Crippen LogP contribution in [0.2, 0.25) is 0 Å². The molecule has 0 fully saturated rings. The second-order valence-corrected chi connectivity index (χ2v) is 5.16. The average Bonchev–Trinajstić information content (AvgIpc) is 2.26. The monoisotopic (exact) mass is 387 g/mol. The summed E-state index contributed by atoms with van der Waals surface area (Å²) in [5, 5.41) is 0.291. The molecule has 1 rings (SSSR count). The zero-order valence-corrected chi connectivity index (χ0v) is 12.3. The molecule has 0 bridgehead atoms. The normalized spacial score (nSPS) is 11.4. The summed E-state index contributed by atoms with van der Waals surface area (Å²) in [6, 6.07) is 6.41. The lowest BCUT2D eigenvalue weighted by Crippen LogP contribution is -2.40. The Labute approximate surface area is 119 Å². The molecule has 2 nitrogen and oxygen atoms in total. The summed E-state index contributed by atoms with van der Waals surface area (Å²) in [5.74, 6) is -0.640. The molecule has 0 unspecified atom stereocenters. The Hall–Kier alpha value is -0.560. The molecule has 0 N–H and O–H groups in total. The highest BCUT2D eigenvalue weighted by molar-refractivity contribution is 9.10. The van der Waals surface area contributed by atoms with E-state index in [2.05, 4.69) is 31.9 Å². The lowest BCUT2D eigenvalue weighted by molar-refractivity contribution is -0.140. The molecule has 0 aliphatic heterocycles. The molecule has 100 valence electrons. The van der Waals surface area contributed by atoms with Crippen LogP contribution in [0.25, 0.3) is 0 Å². The SMILES string of the molecule is O=C(c1ccccc1Br)N(CCBr)CC(F)(F)F. The van der Waals surface area contributed by atoms with Gasteiger partial charge in [0.25, 0.3) is 5.91 Å². The third-order valence-electron chi connectivity index (χ3n) is 2.12. The molecule has 0 aliphatic rings. The molecule has 0 saturated carbocycles. The van der Waals surface area contributed by atoms with Gasteiger partial charge in [-0.05, 0) is 28.1 Å². The zero-order valence-electron chi connectivity index (χ0n) is 9.18. The van der Waals surface area contributed by atoms with Crippen molar-refractivity contribution in [3.8, 4) is 0 Å². The van der Waals surface area contributed by atoms with Crippen molar-refractivity contribution in [1.82, 2.24) is 4.90 Å². The van der Waals surface area contributed by atoms with Crippen LogP contribution in [0.5, 0.6) is 0 Å². The average molecular weight is 389 g/mol. The van der Waals surface area contributed by atoms with Gasteiger partial charge in [-0.1, -0.05) is 28.1 Å². The number of amides is 1. The summed E-state index contributed by atoms with van der Waals surface area (Å²) in [7, 11) is 0. The van der Waals surface area contributed by atoms with E-state index >= 15 is 0 Å². The number of halogens is 5. The predicted molar refractivity (Wildman–Crippen MR) is 69.9 cm³/mol. The Morgan fingerprint density at radius 3 is 2.39 bits per heavy atom. The first kappa shape index (κ1) is 15.5. The van der Waals surface area contributed by atoms with Crippen molar-refractivity contribution in [2.45, 2.75) is 6.18 Å². The van der Waals surface area contributed by atoms with Crippen LogP contribution >= 0.6 is 31.9 Å². The highest BCUT2D eigenvalue weighted by Crippen LogP contribution is 2.21. The molecule has 0 radical (unpaired) electrons.